The van der Waals surface area contributed by atoms with E-state index in [0.29, 0.717) is 31.1 Å². The summed E-state index contributed by atoms with van der Waals surface area (Å²) in [6.45, 7) is 1.18. The van der Waals surface area contributed by atoms with Crippen molar-refractivity contribution < 1.29 is 24.2 Å². The number of ether oxygens (including phenoxy) is 2. The first-order valence-electron chi connectivity index (χ1n) is 6.97. The number of rotatable bonds is 2. The van der Waals surface area contributed by atoms with E-state index in [9.17, 15) is 9.59 Å². The van der Waals surface area contributed by atoms with Crippen LogP contribution in [0.25, 0.3) is 0 Å². The van der Waals surface area contributed by atoms with Crippen LogP contribution < -0.4 is 9.64 Å². The molecule has 2 radical (unpaired) electrons. The number of aliphatic hydroxyl groups excluding tert-OH is 1. The number of carbonyl (C=O) groups is 2. The van der Waals surface area contributed by atoms with E-state index in [1.165, 1.54) is 9.80 Å². The number of nitrogens with zero attached hydrogens (tertiary/aromatic N) is 2. The first-order chi connectivity index (χ1) is 10.6. The normalized spacial score (nSPS) is 21.0. The Morgan fingerprint density at radius 3 is 2.95 bits per heavy atom. The molecular weight excluding hydrogens is 287 g/mol. The monoisotopic (exact) mass is 302 g/mol. The zero-order valence-electron chi connectivity index (χ0n) is 11.9. The molecule has 2 aliphatic rings. The molecule has 1 atom stereocenters. The summed E-state index contributed by atoms with van der Waals surface area (Å²) in [6.07, 6.45) is -1.02. The lowest BCUT2D eigenvalue weighted by Crippen LogP contribution is -2.31. The van der Waals surface area contributed by atoms with Crippen LogP contribution in [0.3, 0.4) is 0 Å². The maximum atomic E-state index is 11.8. The average Bonchev–Trinajstić information content (AvgIpc) is 2.75. The number of hydrogen-bond donors (Lipinski definition) is 1. The third-order valence-electron chi connectivity index (χ3n) is 3.73. The topological polar surface area (TPSA) is 79.3 Å². The van der Waals surface area contributed by atoms with Crippen LogP contribution in [0, 0.1) is 0 Å². The van der Waals surface area contributed by atoms with Gasteiger partial charge in [0.25, 0.3) is 0 Å². The van der Waals surface area contributed by atoms with Crippen molar-refractivity contribution in [3.63, 3.8) is 0 Å². The summed E-state index contributed by atoms with van der Waals surface area (Å²) in [6, 6.07) is 5.28. The first-order valence-corrected chi connectivity index (χ1v) is 6.97. The fraction of sp³-hybridized carbons (Fsp3) is 0.429. The van der Waals surface area contributed by atoms with E-state index in [1.54, 1.807) is 18.2 Å². The number of amides is 2. The highest BCUT2D eigenvalue weighted by Crippen LogP contribution is 2.30. The molecule has 1 N–H and O–H groups in total. The molecule has 3 rings (SSSR count). The van der Waals surface area contributed by atoms with Gasteiger partial charge < -0.3 is 19.5 Å². The summed E-state index contributed by atoms with van der Waals surface area (Å²) in [4.78, 5) is 26.1. The zero-order valence-corrected chi connectivity index (χ0v) is 11.9. The van der Waals surface area contributed by atoms with Crippen molar-refractivity contribution in [2.45, 2.75) is 12.6 Å². The van der Waals surface area contributed by atoms with Crippen molar-refractivity contribution in [1.82, 2.24) is 4.90 Å². The first kappa shape index (κ1) is 14.7. The number of carbonyl (C=O) groups excluding carboxylic acids is 2. The van der Waals surface area contributed by atoms with Gasteiger partial charge in [0.1, 0.15) is 18.5 Å². The predicted octanol–water partition coefficient (Wildman–Crippen LogP) is 0.487. The minimum atomic E-state index is -0.523. The number of benzene rings is 1. The molecule has 8 heteroatoms. The number of cyclic esters (lactones) is 1. The summed E-state index contributed by atoms with van der Waals surface area (Å²) in [7, 11) is 5.33. The Hall–Kier alpha value is -2.22. The van der Waals surface area contributed by atoms with Crippen LogP contribution in [-0.2, 0) is 11.3 Å². The lowest BCUT2D eigenvalue weighted by atomic mass is 10.1. The van der Waals surface area contributed by atoms with Crippen molar-refractivity contribution in [3.8, 4) is 5.75 Å². The minimum absolute atomic E-state index is 0.217. The molecule has 114 valence electrons. The Morgan fingerprint density at radius 1 is 1.45 bits per heavy atom. The van der Waals surface area contributed by atoms with Crippen LogP contribution in [0.2, 0.25) is 0 Å². The molecule has 0 bridgehead atoms. The maximum absolute atomic E-state index is 11.8. The standard InChI is InChI=1S/C14H15BN2O5/c15-13(19)16-3-4-21-12-2-1-10(5-9(12)6-16)17-7-11(8-18)22-14(17)20/h1-2,5,11,18H,3-4,6-8H2/t11-/m1/s1. The van der Waals surface area contributed by atoms with E-state index in [2.05, 4.69) is 0 Å². The van der Waals surface area contributed by atoms with Crippen LogP contribution in [0.15, 0.2) is 18.2 Å². The van der Waals surface area contributed by atoms with Crippen LogP contribution in [0.4, 0.5) is 15.3 Å². The molecule has 0 saturated carbocycles. The molecule has 1 fully saturated rings. The van der Waals surface area contributed by atoms with Gasteiger partial charge >= 0.3 is 6.09 Å². The SMILES string of the molecule is [B]C(=O)N1CCOc2ccc(N3C[C@H](CO)OC3=O)cc2C1. The molecule has 2 aliphatic heterocycles. The molecule has 0 aromatic heterocycles. The van der Waals surface area contributed by atoms with Crippen LogP contribution in [0.1, 0.15) is 5.56 Å². The molecule has 1 aromatic rings. The number of aliphatic hydroxyl groups is 1. The van der Waals surface area contributed by atoms with Gasteiger partial charge in [-0.2, -0.15) is 0 Å². The van der Waals surface area contributed by atoms with Crippen molar-refractivity contribution in [2.75, 3.05) is 31.2 Å². The summed E-state index contributed by atoms with van der Waals surface area (Å²) in [5.41, 5.74) is 1.41. The Labute approximate surface area is 128 Å². The highest BCUT2D eigenvalue weighted by atomic mass is 16.6. The third kappa shape index (κ3) is 2.74. The second kappa shape index (κ2) is 5.88. The summed E-state index contributed by atoms with van der Waals surface area (Å²) in [5, 5.41) is 9.09. The Bertz CT molecular complexity index is 609. The van der Waals surface area contributed by atoms with Gasteiger partial charge in [-0.3, -0.25) is 9.69 Å². The molecule has 0 unspecified atom stereocenters. The van der Waals surface area contributed by atoms with E-state index in [-0.39, 0.29) is 13.2 Å². The lowest BCUT2D eigenvalue weighted by molar-refractivity contribution is 0.0963. The molecule has 7 nitrogen and oxygen atoms in total. The summed E-state index contributed by atoms with van der Waals surface area (Å²) >= 11 is 0. The fourth-order valence-electron chi connectivity index (χ4n) is 2.56. The van der Waals surface area contributed by atoms with E-state index in [0.717, 1.165) is 5.56 Å². The zero-order chi connectivity index (χ0) is 15.7. The molecular formula is C14H15BN2O5. The molecule has 2 amide bonds. The van der Waals surface area contributed by atoms with Crippen molar-refractivity contribution >= 4 is 25.4 Å². The van der Waals surface area contributed by atoms with E-state index < -0.39 is 18.0 Å². The average molecular weight is 302 g/mol. The van der Waals surface area contributed by atoms with Gasteiger partial charge in [-0.15, -0.1) is 0 Å². The van der Waals surface area contributed by atoms with Gasteiger partial charge in [-0.1, -0.05) is 0 Å². The Kier molecular flexibility index (Phi) is 3.93. The third-order valence-corrected chi connectivity index (χ3v) is 3.73. The minimum Gasteiger partial charge on any atom is -0.491 e. The highest BCUT2D eigenvalue weighted by molar-refractivity contribution is 6.56. The Balaban J connectivity index is 1.87. The van der Waals surface area contributed by atoms with Gasteiger partial charge in [0.15, 0.2) is 5.81 Å². The van der Waals surface area contributed by atoms with E-state index in [4.69, 9.17) is 22.4 Å². The number of hydrogen-bond acceptors (Lipinski definition) is 5. The van der Waals surface area contributed by atoms with Gasteiger partial charge in [-0.05, 0) is 18.2 Å². The van der Waals surface area contributed by atoms with Crippen LogP contribution in [0.5, 0.6) is 5.75 Å². The van der Waals surface area contributed by atoms with Gasteiger partial charge in [0.2, 0.25) is 7.85 Å². The molecule has 1 saturated heterocycles. The van der Waals surface area contributed by atoms with Gasteiger partial charge in [0, 0.05) is 17.8 Å². The maximum Gasteiger partial charge on any atom is 0.414 e. The van der Waals surface area contributed by atoms with E-state index in [1.807, 2.05) is 0 Å². The van der Waals surface area contributed by atoms with Crippen molar-refractivity contribution in [1.29, 1.82) is 0 Å². The summed E-state index contributed by atoms with van der Waals surface area (Å²) < 4.78 is 10.6. The fourth-order valence-corrected chi connectivity index (χ4v) is 2.56. The second-order valence-electron chi connectivity index (χ2n) is 5.20. The Morgan fingerprint density at radius 2 is 2.27 bits per heavy atom. The number of fused-ring (bicyclic) bond motifs is 1. The van der Waals surface area contributed by atoms with Crippen LogP contribution in [-0.4, -0.2) is 62.2 Å². The van der Waals surface area contributed by atoms with Crippen molar-refractivity contribution in [2.24, 2.45) is 0 Å². The van der Waals surface area contributed by atoms with Gasteiger partial charge in [-0.25, -0.2) is 4.79 Å². The molecule has 2 heterocycles. The smallest absolute Gasteiger partial charge is 0.414 e. The molecule has 1 aromatic carbocycles. The molecule has 22 heavy (non-hydrogen) atoms. The van der Waals surface area contributed by atoms with Crippen LogP contribution >= 0.6 is 0 Å². The molecule has 0 spiro atoms. The number of anilines is 1. The van der Waals surface area contributed by atoms with Crippen molar-refractivity contribution in [3.05, 3.63) is 23.8 Å². The largest absolute Gasteiger partial charge is 0.491 e. The molecule has 0 aliphatic carbocycles. The van der Waals surface area contributed by atoms with E-state index >= 15 is 0 Å². The quantitative estimate of drug-likeness (QED) is 0.804. The summed E-state index contributed by atoms with van der Waals surface area (Å²) in [5.74, 6) is 0.154. The second-order valence-corrected chi connectivity index (χ2v) is 5.20. The lowest BCUT2D eigenvalue weighted by Gasteiger charge is -2.19. The predicted molar refractivity (Wildman–Crippen MR) is 78.2 cm³/mol. The van der Waals surface area contributed by atoms with Gasteiger partial charge in [0.05, 0.1) is 19.7 Å². The highest BCUT2D eigenvalue weighted by Gasteiger charge is 2.32.